The summed E-state index contributed by atoms with van der Waals surface area (Å²) in [5.74, 6) is 1.31. The lowest BCUT2D eigenvalue weighted by Crippen LogP contribution is -1.86. The van der Waals surface area contributed by atoms with Gasteiger partial charge in [-0.15, -0.1) is 0 Å². The summed E-state index contributed by atoms with van der Waals surface area (Å²) in [5, 5.41) is 7.11. The molecule has 19 heavy (non-hydrogen) atoms. The molecule has 0 fully saturated rings. The Kier molecular flexibility index (Phi) is 5.43. The van der Waals surface area contributed by atoms with Crippen LogP contribution in [0.1, 0.15) is 22.3 Å². The summed E-state index contributed by atoms with van der Waals surface area (Å²) in [4.78, 5) is 0. The highest BCUT2D eigenvalue weighted by Crippen LogP contribution is 2.15. The maximum absolute atomic E-state index is 7.11. The highest BCUT2D eigenvalue weighted by Gasteiger charge is 1.96. The molecule has 0 saturated carbocycles. The van der Waals surface area contributed by atoms with Crippen molar-refractivity contribution in [1.82, 2.24) is 0 Å². The third-order valence-electron chi connectivity index (χ3n) is 3.16. The van der Waals surface area contributed by atoms with Crippen LogP contribution in [-0.2, 0) is 0 Å². The molecule has 0 unspecified atom stereocenters. The Bertz CT molecular complexity index is 504. The minimum Gasteiger partial charge on any atom is -0.593 e. The lowest BCUT2D eigenvalue weighted by molar-refractivity contribution is 0.412. The van der Waals surface area contributed by atoms with Gasteiger partial charge in [-0.2, -0.15) is 0 Å². The number of benzene rings is 2. The number of ether oxygens (including phenoxy) is 1. The van der Waals surface area contributed by atoms with E-state index in [2.05, 4.69) is 39.8 Å². The van der Waals surface area contributed by atoms with Crippen molar-refractivity contribution in [1.29, 1.82) is 0 Å². The lowest BCUT2D eigenvalue weighted by Gasteiger charge is -2.04. The molecule has 0 bridgehead atoms. The SMILES string of the molecule is COc1ccc([OH2+])cc1.Cc1cc(C)c(C)c(C)c1. The lowest BCUT2D eigenvalue weighted by atomic mass is 10.0. The van der Waals surface area contributed by atoms with Crippen LogP contribution < -0.4 is 4.74 Å². The molecule has 0 radical (unpaired) electrons. The minimum absolute atomic E-state index is 0.510. The molecule has 0 saturated heterocycles. The van der Waals surface area contributed by atoms with E-state index in [-0.39, 0.29) is 0 Å². The van der Waals surface area contributed by atoms with Gasteiger partial charge in [-0.3, -0.25) is 0 Å². The van der Waals surface area contributed by atoms with Crippen molar-refractivity contribution in [3.05, 3.63) is 58.7 Å². The molecule has 0 aliphatic rings. The number of rotatable bonds is 1. The summed E-state index contributed by atoms with van der Waals surface area (Å²) in [7, 11) is 1.61. The average molecular weight is 259 g/mol. The molecule has 2 nitrogen and oxygen atoms in total. The van der Waals surface area contributed by atoms with E-state index in [1.54, 1.807) is 31.4 Å². The molecular weight excluding hydrogens is 236 g/mol. The van der Waals surface area contributed by atoms with Crippen molar-refractivity contribution in [3.8, 4) is 11.5 Å². The van der Waals surface area contributed by atoms with E-state index in [1.165, 1.54) is 22.3 Å². The predicted octanol–water partition coefficient (Wildman–Crippen LogP) is 4.05. The summed E-state index contributed by atoms with van der Waals surface area (Å²) in [6.45, 7) is 8.63. The minimum atomic E-state index is 0.510. The van der Waals surface area contributed by atoms with Gasteiger partial charge in [0.1, 0.15) is 5.75 Å². The third kappa shape index (κ3) is 4.66. The molecule has 2 aromatic carbocycles. The topological polar surface area (TPSA) is 32.1 Å². The zero-order valence-electron chi connectivity index (χ0n) is 12.4. The van der Waals surface area contributed by atoms with E-state index >= 15 is 0 Å². The van der Waals surface area contributed by atoms with Crippen LogP contribution in [0.5, 0.6) is 11.5 Å². The number of hydrogen-bond donors (Lipinski definition) is 0. The predicted molar refractivity (Wildman–Crippen MR) is 81.4 cm³/mol. The maximum Gasteiger partial charge on any atom is 0.254 e. The Labute approximate surface area is 115 Å². The molecule has 0 aliphatic heterocycles. The highest BCUT2D eigenvalue weighted by molar-refractivity contribution is 5.36. The van der Waals surface area contributed by atoms with Gasteiger partial charge in [0.05, 0.1) is 7.11 Å². The van der Waals surface area contributed by atoms with Gasteiger partial charge in [-0.05, 0) is 56.5 Å². The molecule has 0 aromatic heterocycles. The first-order valence-corrected chi connectivity index (χ1v) is 6.34. The average Bonchev–Trinajstić information content (AvgIpc) is 2.37. The normalized spacial score (nSPS) is 9.53. The zero-order valence-corrected chi connectivity index (χ0v) is 12.4. The quantitative estimate of drug-likeness (QED) is 0.711. The summed E-state index contributed by atoms with van der Waals surface area (Å²) >= 11 is 0. The van der Waals surface area contributed by atoms with Gasteiger partial charge >= 0.3 is 0 Å². The van der Waals surface area contributed by atoms with Crippen LogP contribution >= 0.6 is 0 Å². The van der Waals surface area contributed by atoms with Gasteiger partial charge < -0.3 is 9.84 Å². The molecule has 0 aliphatic carbocycles. The van der Waals surface area contributed by atoms with E-state index in [1.807, 2.05) is 0 Å². The van der Waals surface area contributed by atoms with Crippen LogP contribution in [0.2, 0.25) is 0 Å². The first-order valence-electron chi connectivity index (χ1n) is 6.34. The Morgan fingerprint density at radius 1 is 0.842 bits per heavy atom. The molecule has 2 N–H and O–H groups in total. The third-order valence-corrected chi connectivity index (χ3v) is 3.16. The van der Waals surface area contributed by atoms with Gasteiger partial charge in [-0.25, -0.2) is 0 Å². The molecule has 2 aromatic rings. The summed E-state index contributed by atoms with van der Waals surface area (Å²) < 4.78 is 4.89. The van der Waals surface area contributed by atoms with Crippen LogP contribution in [0, 0.1) is 27.7 Å². The van der Waals surface area contributed by atoms with Crippen molar-refractivity contribution in [2.75, 3.05) is 7.11 Å². The van der Waals surface area contributed by atoms with Crippen LogP contribution in [0.3, 0.4) is 0 Å². The summed E-state index contributed by atoms with van der Waals surface area (Å²) in [5.41, 5.74) is 5.58. The second kappa shape index (κ2) is 6.83. The molecule has 2 rings (SSSR count). The standard InChI is InChI=1S/C10H14.C7H8O2/c1-7-5-8(2)10(4)9(3)6-7;1-9-7-4-2-6(8)3-5-7/h5-6H,1-4H3;2-5,8H,1H3/p+1. The number of methoxy groups -OCH3 is 1. The number of hydrogen-bond acceptors (Lipinski definition) is 1. The van der Waals surface area contributed by atoms with E-state index in [0.29, 0.717) is 5.75 Å². The van der Waals surface area contributed by atoms with Crippen molar-refractivity contribution in [3.63, 3.8) is 0 Å². The zero-order chi connectivity index (χ0) is 14.4. The van der Waals surface area contributed by atoms with Gasteiger partial charge in [0, 0.05) is 12.1 Å². The molecule has 2 heteroatoms. The summed E-state index contributed by atoms with van der Waals surface area (Å²) in [6.07, 6.45) is 0. The van der Waals surface area contributed by atoms with Crippen LogP contribution in [0.15, 0.2) is 36.4 Å². The van der Waals surface area contributed by atoms with Crippen LogP contribution in [0.25, 0.3) is 0 Å². The monoisotopic (exact) mass is 259 g/mol. The fraction of sp³-hybridized carbons (Fsp3) is 0.294. The van der Waals surface area contributed by atoms with E-state index in [0.717, 1.165) is 5.75 Å². The smallest absolute Gasteiger partial charge is 0.254 e. The fourth-order valence-electron chi connectivity index (χ4n) is 1.84. The largest absolute Gasteiger partial charge is 0.593 e. The van der Waals surface area contributed by atoms with Crippen LogP contribution in [0.4, 0.5) is 0 Å². The summed E-state index contributed by atoms with van der Waals surface area (Å²) in [6, 6.07) is 11.4. The Hall–Kier alpha value is -1.96. The van der Waals surface area contributed by atoms with Crippen molar-refractivity contribution >= 4 is 0 Å². The van der Waals surface area contributed by atoms with Gasteiger partial charge in [0.25, 0.3) is 5.75 Å². The maximum atomic E-state index is 7.11. The van der Waals surface area contributed by atoms with Gasteiger partial charge in [0.15, 0.2) is 0 Å². The second-order valence-corrected chi connectivity index (χ2v) is 4.75. The van der Waals surface area contributed by atoms with Crippen molar-refractivity contribution in [2.24, 2.45) is 0 Å². The highest BCUT2D eigenvalue weighted by atomic mass is 16.5. The molecule has 102 valence electrons. The fourth-order valence-corrected chi connectivity index (χ4v) is 1.84. The van der Waals surface area contributed by atoms with Gasteiger partial charge in [-0.1, -0.05) is 17.7 Å². The first kappa shape index (κ1) is 15.1. The number of aryl methyl sites for hydroxylation is 3. The molecule has 0 atom stereocenters. The second-order valence-electron chi connectivity index (χ2n) is 4.75. The van der Waals surface area contributed by atoms with E-state index < -0.39 is 0 Å². The van der Waals surface area contributed by atoms with Gasteiger partial charge in [0.2, 0.25) is 0 Å². The Balaban J connectivity index is 0.000000191. The van der Waals surface area contributed by atoms with Crippen molar-refractivity contribution in [2.45, 2.75) is 27.7 Å². The Morgan fingerprint density at radius 2 is 1.32 bits per heavy atom. The first-order chi connectivity index (χ1) is 8.93. The van der Waals surface area contributed by atoms with Crippen molar-refractivity contribution < 1.29 is 9.84 Å². The van der Waals surface area contributed by atoms with Crippen LogP contribution in [-0.4, -0.2) is 12.2 Å². The molecule has 0 heterocycles. The molecule has 0 amide bonds. The van der Waals surface area contributed by atoms with E-state index in [9.17, 15) is 0 Å². The molecule has 0 spiro atoms. The van der Waals surface area contributed by atoms with E-state index in [4.69, 9.17) is 9.84 Å². The Morgan fingerprint density at radius 3 is 1.74 bits per heavy atom. The molecular formula is C17H23O2+.